The fourth-order valence-electron chi connectivity index (χ4n) is 3.09. The number of rotatable bonds is 8. The number of sulfonamides is 1. The van der Waals surface area contributed by atoms with E-state index >= 15 is 0 Å². The summed E-state index contributed by atoms with van der Waals surface area (Å²) in [6.45, 7) is 1.53. The van der Waals surface area contributed by atoms with Crippen LogP contribution in [0.2, 0.25) is 0 Å². The summed E-state index contributed by atoms with van der Waals surface area (Å²) in [4.78, 5) is 24.9. The summed E-state index contributed by atoms with van der Waals surface area (Å²) in [6, 6.07) is 21.8. The Morgan fingerprint density at radius 2 is 1.53 bits per heavy atom. The number of carbonyl (C=O) groups is 2. The van der Waals surface area contributed by atoms with Gasteiger partial charge in [0.15, 0.2) is 0 Å². The van der Waals surface area contributed by atoms with E-state index in [4.69, 9.17) is 4.74 Å². The highest BCUT2D eigenvalue weighted by molar-refractivity contribution is 7.89. The van der Waals surface area contributed by atoms with Crippen LogP contribution in [0.25, 0.3) is 0 Å². The zero-order valence-corrected chi connectivity index (χ0v) is 18.6. The summed E-state index contributed by atoms with van der Waals surface area (Å²) in [5.74, 6) is -1.18. The number of aryl methyl sites for hydroxylation is 1. The average Bonchev–Trinajstić information content (AvgIpc) is 2.80. The van der Waals surface area contributed by atoms with Crippen molar-refractivity contribution in [1.82, 2.24) is 4.31 Å². The van der Waals surface area contributed by atoms with Crippen LogP contribution >= 0.6 is 0 Å². The van der Waals surface area contributed by atoms with Crippen molar-refractivity contribution in [1.29, 1.82) is 0 Å². The van der Waals surface area contributed by atoms with Gasteiger partial charge in [-0.1, -0.05) is 60.2 Å². The highest BCUT2D eigenvalue weighted by Crippen LogP contribution is 2.20. The van der Waals surface area contributed by atoms with E-state index in [1.807, 2.05) is 31.2 Å². The number of amides is 1. The molecule has 1 N–H and O–H groups in total. The first-order chi connectivity index (χ1) is 15.3. The second-order valence-corrected chi connectivity index (χ2v) is 9.10. The van der Waals surface area contributed by atoms with Gasteiger partial charge in [-0.25, -0.2) is 13.2 Å². The Balaban J connectivity index is 1.88. The van der Waals surface area contributed by atoms with Crippen LogP contribution in [-0.4, -0.2) is 38.3 Å². The summed E-state index contributed by atoms with van der Waals surface area (Å²) in [6.07, 6.45) is 0. The number of ether oxygens (including phenoxy) is 1. The number of nitrogens with one attached hydrogen (secondary N) is 1. The lowest BCUT2D eigenvalue weighted by molar-refractivity contribution is -0.116. The zero-order chi connectivity index (χ0) is 23.1. The van der Waals surface area contributed by atoms with Gasteiger partial charge in [0.25, 0.3) is 0 Å². The molecule has 0 bridgehead atoms. The minimum absolute atomic E-state index is 0.0174. The standard InChI is InChI=1S/C24H24N2O5S/c1-18-12-14-19(15-13-18)16-26(32(29,30)20-8-4-3-5-9-20)17-23(27)25-22-11-7-6-10-21(22)24(28)31-2/h3-15H,16-17H2,1-2H3,(H,25,27). The molecule has 166 valence electrons. The zero-order valence-electron chi connectivity index (χ0n) is 17.8. The Morgan fingerprint density at radius 3 is 2.19 bits per heavy atom. The topological polar surface area (TPSA) is 92.8 Å². The molecule has 3 rings (SSSR count). The summed E-state index contributed by atoms with van der Waals surface area (Å²) < 4.78 is 32.4. The molecular weight excluding hydrogens is 428 g/mol. The van der Waals surface area contributed by atoms with Gasteiger partial charge in [-0.2, -0.15) is 4.31 Å². The number of nitrogens with zero attached hydrogens (tertiary/aromatic N) is 1. The van der Waals surface area contributed by atoms with Gasteiger partial charge < -0.3 is 10.1 Å². The van der Waals surface area contributed by atoms with E-state index in [1.165, 1.54) is 25.3 Å². The Labute approximate surface area is 187 Å². The monoisotopic (exact) mass is 452 g/mol. The van der Waals surface area contributed by atoms with E-state index < -0.39 is 28.4 Å². The highest BCUT2D eigenvalue weighted by Gasteiger charge is 2.27. The number of carbonyl (C=O) groups excluding carboxylic acids is 2. The van der Waals surface area contributed by atoms with Crippen LogP contribution in [0.15, 0.2) is 83.8 Å². The average molecular weight is 453 g/mol. The SMILES string of the molecule is COC(=O)c1ccccc1NC(=O)CN(Cc1ccc(C)cc1)S(=O)(=O)c1ccccc1. The van der Waals surface area contributed by atoms with Gasteiger partial charge in [0, 0.05) is 6.54 Å². The molecule has 0 aromatic heterocycles. The van der Waals surface area contributed by atoms with Crippen LogP contribution in [-0.2, 0) is 26.1 Å². The number of esters is 1. The summed E-state index contributed by atoms with van der Waals surface area (Å²) in [7, 11) is -2.70. The van der Waals surface area contributed by atoms with Crippen molar-refractivity contribution in [2.24, 2.45) is 0 Å². The molecule has 0 aliphatic heterocycles. The molecule has 7 nitrogen and oxygen atoms in total. The highest BCUT2D eigenvalue weighted by atomic mass is 32.2. The fraction of sp³-hybridized carbons (Fsp3) is 0.167. The van der Waals surface area contributed by atoms with Crippen LogP contribution in [0, 0.1) is 6.92 Å². The van der Waals surface area contributed by atoms with Gasteiger partial charge in [0.05, 0.1) is 29.8 Å². The van der Waals surface area contributed by atoms with Crippen LogP contribution < -0.4 is 5.32 Å². The number of benzene rings is 3. The second-order valence-electron chi connectivity index (χ2n) is 7.16. The molecular formula is C24H24N2O5S. The van der Waals surface area contributed by atoms with Crippen LogP contribution in [0.3, 0.4) is 0 Å². The number of methoxy groups -OCH3 is 1. The number of hydrogen-bond acceptors (Lipinski definition) is 5. The van der Waals surface area contributed by atoms with Crippen molar-refractivity contribution in [3.8, 4) is 0 Å². The number of anilines is 1. The lowest BCUT2D eigenvalue weighted by Gasteiger charge is -2.22. The van der Waals surface area contributed by atoms with E-state index in [0.29, 0.717) is 0 Å². The predicted octanol–water partition coefficient (Wildman–Crippen LogP) is 3.61. The van der Waals surface area contributed by atoms with Crippen molar-refractivity contribution in [3.63, 3.8) is 0 Å². The maximum Gasteiger partial charge on any atom is 0.339 e. The molecule has 3 aromatic carbocycles. The third-order valence-electron chi connectivity index (χ3n) is 4.79. The Kier molecular flexibility index (Phi) is 7.40. The minimum atomic E-state index is -3.95. The van der Waals surface area contributed by atoms with Crippen molar-refractivity contribution < 1.29 is 22.7 Å². The first-order valence-electron chi connectivity index (χ1n) is 9.89. The van der Waals surface area contributed by atoms with Gasteiger partial charge in [-0.3, -0.25) is 4.79 Å². The molecule has 0 saturated carbocycles. The lowest BCUT2D eigenvalue weighted by atomic mass is 10.1. The minimum Gasteiger partial charge on any atom is -0.465 e. The molecule has 0 aliphatic rings. The smallest absolute Gasteiger partial charge is 0.339 e. The number of para-hydroxylation sites is 1. The molecule has 0 spiro atoms. The third-order valence-corrected chi connectivity index (χ3v) is 6.59. The predicted molar refractivity (Wildman–Crippen MR) is 122 cm³/mol. The second kappa shape index (κ2) is 10.2. The third kappa shape index (κ3) is 5.60. The maximum atomic E-state index is 13.3. The van der Waals surface area contributed by atoms with Crippen LogP contribution in [0.4, 0.5) is 5.69 Å². The molecule has 0 atom stereocenters. The molecule has 0 unspecified atom stereocenters. The maximum absolute atomic E-state index is 13.3. The molecule has 0 aliphatic carbocycles. The summed E-state index contributed by atoms with van der Waals surface area (Å²) in [5, 5.41) is 2.63. The molecule has 0 heterocycles. The normalized spacial score (nSPS) is 11.2. The first kappa shape index (κ1) is 23.2. The number of hydrogen-bond donors (Lipinski definition) is 1. The van der Waals surface area contributed by atoms with Crippen molar-refractivity contribution in [3.05, 3.63) is 95.6 Å². The molecule has 0 fully saturated rings. The molecule has 8 heteroatoms. The largest absolute Gasteiger partial charge is 0.465 e. The van der Waals surface area contributed by atoms with Gasteiger partial charge in [0.2, 0.25) is 15.9 Å². The van der Waals surface area contributed by atoms with E-state index in [1.54, 1.807) is 36.4 Å². The van der Waals surface area contributed by atoms with E-state index in [-0.39, 0.29) is 22.7 Å². The van der Waals surface area contributed by atoms with Gasteiger partial charge in [0.1, 0.15) is 0 Å². The Morgan fingerprint density at radius 1 is 0.906 bits per heavy atom. The van der Waals surface area contributed by atoms with Crippen LogP contribution in [0.5, 0.6) is 0 Å². The Hall–Kier alpha value is -3.49. The van der Waals surface area contributed by atoms with Crippen LogP contribution in [0.1, 0.15) is 21.5 Å². The molecule has 32 heavy (non-hydrogen) atoms. The summed E-state index contributed by atoms with van der Waals surface area (Å²) >= 11 is 0. The van der Waals surface area contributed by atoms with E-state index in [2.05, 4.69) is 5.32 Å². The van der Waals surface area contributed by atoms with E-state index in [0.717, 1.165) is 15.4 Å². The summed E-state index contributed by atoms with van der Waals surface area (Å²) in [5.41, 5.74) is 2.22. The van der Waals surface area contributed by atoms with Gasteiger partial charge >= 0.3 is 5.97 Å². The van der Waals surface area contributed by atoms with Gasteiger partial charge in [-0.15, -0.1) is 0 Å². The quantitative estimate of drug-likeness (QED) is 0.527. The lowest BCUT2D eigenvalue weighted by Crippen LogP contribution is -2.37. The van der Waals surface area contributed by atoms with E-state index in [9.17, 15) is 18.0 Å². The first-order valence-corrected chi connectivity index (χ1v) is 11.3. The van der Waals surface area contributed by atoms with Gasteiger partial charge in [-0.05, 0) is 36.8 Å². The molecule has 1 amide bonds. The van der Waals surface area contributed by atoms with Crippen molar-refractivity contribution >= 4 is 27.6 Å². The van der Waals surface area contributed by atoms with Crippen molar-refractivity contribution in [2.75, 3.05) is 19.0 Å². The van der Waals surface area contributed by atoms with Crippen molar-refractivity contribution in [2.45, 2.75) is 18.4 Å². The fourth-order valence-corrected chi connectivity index (χ4v) is 4.50. The Bertz CT molecular complexity index is 1190. The molecule has 3 aromatic rings. The molecule has 0 radical (unpaired) electrons. The molecule has 0 saturated heterocycles.